The van der Waals surface area contributed by atoms with E-state index in [2.05, 4.69) is 24.5 Å². The van der Waals surface area contributed by atoms with E-state index in [1.165, 1.54) is 0 Å². The average Bonchev–Trinajstić information content (AvgIpc) is 2.83. The lowest BCUT2D eigenvalue weighted by Gasteiger charge is -2.51. The molecule has 3 aliphatic rings. The Labute approximate surface area is 214 Å². The summed E-state index contributed by atoms with van der Waals surface area (Å²) in [6.45, 7) is 7.67. The predicted octanol–water partition coefficient (Wildman–Crippen LogP) is 2.12. The number of piperidine rings is 2. The zero-order valence-corrected chi connectivity index (χ0v) is 21.7. The lowest BCUT2D eigenvalue weighted by atomic mass is 9.77. The van der Waals surface area contributed by atoms with E-state index in [0.717, 1.165) is 12.0 Å². The van der Waals surface area contributed by atoms with Crippen molar-refractivity contribution in [1.29, 1.82) is 0 Å². The monoisotopic (exact) mass is 496 g/mol. The highest BCUT2D eigenvalue weighted by Gasteiger charge is 2.45. The van der Waals surface area contributed by atoms with E-state index in [4.69, 9.17) is 0 Å². The molecule has 4 rings (SSSR count). The van der Waals surface area contributed by atoms with Crippen LogP contribution in [-0.4, -0.2) is 71.2 Å². The molecule has 0 saturated carbocycles. The number of likely N-dealkylation sites (tertiary alicyclic amines) is 1. The minimum absolute atomic E-state index is 0.0526. The Hall–Kier alpha value is -2.90. The summed E-state index contributed by atoms with van der Waals surface area (Å²) in [7, 11) is 0. The van der Waals surface area contributed by atoms with Crippen molar-refractivity contribution in [3.63, 3.8) is 0 Å². The fourth-order valence-corrected chi connectivity index (χ4v) is 6.05. The van der Waals surface area contributed by atoms with Gasteiger partial charge < -0.3 is 20.4 Å². The summed E-state index contributed by atoms with van der Waals surface area (Å²) < 4.78 is 0. The van der Waals surface area contributed by atoms with Crippen LogP contribution in [0.5, 0.6) is 0 Å². The smallest absolute Gasteiger partial charge is 0.245 e. The molecule has 2 N–H and O–H groups in total. The lowest BCUT2D eigenvalue weighted by molar-refractivity contribution is -0.149. The van der Waals surface area contributed by atoms with Gasteiger partial charge in [0.25, 0.3) is 0 Å². The van der Waals surface area contributed by atoms with Crippen molar-refractivity contribution < 1.29 is 19.2 Å². The quantitative estimate of drug-likeness (QED) is 0.667. The van der Waals surface area contributed by atoms with Crippen molar-refractivity contribution in [2.24, 2.45) is 17.8 Å². The van der Waals surface area contributed by atoms with E-state index in [1.54, 1.807) is 6.92 Å². The van der Waals surface area contributed by atoms with Gasteiger partial charge in [0.05, 0.1) is 0 Å². The van der Waals surface area contributed by atoms with E-state index in [-0.39, 0.29) is 41.5 Å². The average molecular weight is 497 g/mol. The molecule has 0 radical (unpaired) electrons. The molecular formula is C28H40N4O4. The second-order valence-corrected chi connectivity index (χ2v) is 11.2. The number of hydrogen-bond acceptors (Lipinski definition) is 4. The van der Waals surface area contributed by atoms with Crippen LogP contribution in [0.2, 0.25) is 0 Å². The number of benzene rings is 1. The van der Waals surface area contributed by atoms with Crippen LogP contribution in [-0.2, 0) is 25.6 Å². The molecule has 0 aromatic heterocycles. The van der Waals surface area contributed by atoms with Crippen LogP contribution in [0, 0.1) is 17.8 Å². The van der Waals surface area contributed by atoms with Gasteiger partial charge in [-0.2, -0.15) is 0 Å². The first-order valence-electron chi connectivity index (χ1n) is 13.4. The summed E-state index contributed by atoms with van der Waals surface area (Å²) in [4.78, 5) is 56.3. The number of carbonyl (C=O) groups is 4. The van der Waals surface area contributed by atoms with Crippen molar-refractivity contribution in [3.05, 3.63) is 35.9 Å². The third-order valence-corrected chi connectivity index (χ3v) is 7.76. The van der Waals surface area contributed by atoms with Crippen LogP contribution in [0.3, 0.4) is 0 Å². The fourth-order valence-electron chi connectivity index (χ4n) is 6.05. The normalized spacial score (nSPS) is 29.6. The Kier molecular flexibility index (Phi) is 8.32. The third-order valence-electron chi connectivity index (χ3n) is 7.76. The van der Waals surface area contributed by atoms with Gasteiger partial charge in [0.2, 0.25) is 23.6 Å². The summed E-state index contributed by atoms with van der Waals surface area (Å²) in [5.74, 6) is 0.336. The summed E-state index contributed by atoms with van der Waals surface area (Å²) >= 11 is 0. The summed E-state index contributed by atoms with van der Waals surface area (Å²) in [6, 6.07) is 8.23. The van der Waals surface area contributed by atoms with Crippen LogP contribution in [0.1, 0.15) is 58.4 Å². The van der Waals surface area contributed by atoms with Crippen molar-refractivity contribution in [3.8, 4) is 0 Å². The molecule has 3 aliphatic heterocycles. The number of fused-ring (bicyclic) bond motifs is 4. The van der Waals surface area contributed by atoms with Gasteiger partial charge in [0.1, 0.15) is 12.1 Å². The highest BCUT2D eigenvalue weighted by Crippen LogP contribution is 2.36. The lowest BCUT2D eigenvalue weighted by Crippen LogP contribution is -2.64. The molecule has 36 heavy (non-hydrogen) atoms. The number of hydrogen-bond donors (Lipinski definition) is 2. The Morgan fingerprint density at radius 1 is 1.06 bits per heavy atom. The highest BCUT2D eigenvalue weighted by molar-refractivity contribution is 5.92. The van der Waals surface area contributed by atoms with Crippen LogP contribution < -0.4 is 10.6 Å². The standard InChI is InChI=1S/C28H40N4O4/c1-18(2)12-26(34)31-15-21-13-22(17-31)24-10-7-11-25(33)29-19(3)27(35)30-23(28(36)32(24)16-21)14-20-8-5-4-6-9-20/h4-6,8-9,18-19,21-24H,7,10-17H2,1-3H3,(H,29,33)(H,30,35)/t19-,21+,22-,23+,24+/m1/s1. The van der Waals surface area contributed by atoms with Crippen LogP contribution >= 0.6 is 0 Å². The first-order chi connectivity index (χ1) is 17.2. The largest absolute Gasteiger partial charge is 0.345 e. The van der Waals surface area contributed by atoms with Crippen molar-refractivity contribution in [1.82, 2.24) is 20.4 Å². The Morgan fingerprint density at radius 3 is 2.53 bits per heavy atom. The number of nitrogens with zero attached hydrogens (tertiary/aromatic N) is 2. The summed E-state index contributed by atoms with van der Waals surface area (Å²) in [5.41, 5.74) is 0.971. The molecular weight excluding hydrogens is 456 g/mol. The topological polar surface area (TPSA) is 98.8 Å². The molecule has 2 bridgehead atoms. The minimum atomic E-state index is -0.710. The van der Waals surface area contributed by atoms with Crippen LogP contribution in [0.15, 0.2) is 30.3 Å². The second-order valence-electron chi connectivity index (χ2n) is 11.2. The van der Waals surface area contributed by atoms with Crippen LogP contribution in [0.25, 0.3) is 0 Å². The Morgan fingerprint density at radius 2 is 1.81 bits per heavy atom. The minimum Gasteiger partial charge on any atom is -0.345 e. The SMILES string of the molecule is CC(C)CC(=O)N1C[C@@H]2C[C@H](C1)[C@@H]1CCCC(=O)N[C@H](C)C(=O)N[C@@H](Cc3ccccc3)C(=O)N1C2. The molecule has 1 aromatic rings. The van der Waals surface area contributed by atoms with Crippen LogP contribution in [0.4, 0.5) is 0 Å². The maximum absolute atomic E-state index is 14.1. The van der Waals surface area contributed by atoms with Gasteiger partial charge in [-0.3, -0.25) is 19.2 Å². The molecule has 0 aliphatic carbocycles. The summed E-state index contributed by atoms with van der Waals surface area (Å²) in [5, 5.41) is 5.71. The van der Waals surface area contributed by atoms with Gasteiger partial charge in [-0.15, -0.1) is 0 Å². The maximum Gasteiger partial charge on any atom is 0.245 e. The van der Waals surface area contributed by atoms with E-state index < -0.39 is 12.1 Å². The van der Waals surface area contributed by atoms with E-state index in [9.17, 15) is 19.2 Å². The highest BCUT2D eigenvalue weighted by atomic mass is 16.2. The maximum atomic E-state index is 14.1. The number of rotatable bonds is 4. The molecule has 0 unspecified atom stereocenters. The zero-order chi connectivity index (χ0) is 25.8. The first-order valence-corrected chi connectivity index (χ1v) is 13.4. The van der Waals surface area contributed by atoms with Crippen molar-refractivity contribution >= 4 is 23.6 Å². The van der Waals surface area contributed by atoms with Gasteiger partial charge in [0.15, 0.2) is 0 Å². The van der Waals surface area contributed by atoms with E-state index >= 15 is 0 Å². The Bertz CT molecular complexity index is 966. The van der Waals surface area contributed by atoms with Gasteiger partial charge >= 0.3 is 0 Å². The molecule has 3 saturated heterocycles. The van der Waals surface area contributed by atoms with Gasteiger partial charge in [-0.1, -0.05) is 44.2 Å². The molecule has 3 heterocycles. The van der Waals surface area contributed by atoms with Crippen molar-refractivity contribution in [2.45, 2.75) is 77.4 Å². The molecule has 0 spiro atoms. The van der Waals surface area contributed by atoms with Gasteiger partial charge in [-0.25, -0.2) is 0 Å². The predicted molar refractivity (Wildman–Crippen MR) is 137 cm³/mol. The Balaban J connectivity index is 1.60. The number of amides is 4. The van der Waals surface area contributed by atoms with Crippen molar-refractivity contribution in [2.75, 3.05) is 19.6 Å². The third kappa shape index (κ3) is 6.26. The molecule has 8 nitrogen and oxygen atoms in total. The molecule has 5 atom stereocenters. The van der Waals surface area contributed by atoms with E-state index in [0.29, 0.717) is 57.7 Å². The summed E-state index contributed by atoms with van der Waals surface area (Å²) in [6.07, 6.45) is 3.58. The molecule has 8 heteroatoms. The van der Waals surface area contributed by atoms with E-state index in [1.807, 2.05) is 40.1 Å². The molecule has 4 amide bonds. The molecule has 3 fully saturated rings. The first kappa shape index (κ1) is 26.2. The number of carbonyl (C=O) groups excluding carboxylic acids is 4. The molecule has 196 valence electrons. The fraction of sp³-hybridized carbons (Fsp3) is 0.643. The number of nitrogens with one attached hydrogen (secondary N) is 2. The zero-order valence-electron chi connectivity index (χ0n) is 21.7. The van der Waals surface area contributed by atoms with Gasteiger partial charge in [-0.05, 0) is 49.5 Å². The second kappa shape index (κ2) is 11.4. The van der Waals surface area contributed by atoms with Gasteiger partial charge in [0, 0.05) is 44.9 Å². The molecule has 1 aromatic carbocycles.